The molecule has 3 aromatic carbocycles. The predicted octanol–water partition coefficient (Wildman–Crippen LogP) is 6.10. The normalized spacial score (nSPS) is 11.1. The average Bonchev–Trinajstić information content (AvgIpc) is 2.92. The Kier molecular flexibility index (Phi) is 3.71. The van der Waals surface area contributed by atoms with Crippen molar-refractivity contribution in [1.29, 1.82) is 0 Å². The van der Waals surface area contributed by atoms with E-state index in [2.05, 4.69) is 5.32 Å². The van der Waals surface area contributed by atoms with E-state index in [0.717, 1.165) is 20.9 Å². The molecule has 0 radical (unpaired) electrons. The number of hydrogen-bond donors (Lipinski definition) is 1. The van der Waals surface area contributed by atoms with E-state index < -0.39 is 5.82 Å². The fourth-order valence-electron chi connectivity index (χ4n) is 2.73. The van der Waals surface area contributed by atoms with E-state index in [4.69, 9.17) is 11.6 Å². The van der Waals surface area contributed by atoms with Crippen molar-refractivity contribution in [3.63, 3.8) is 0 Å². The summed E-state index contributed by atoms with van der Waals surface area (Å²) in [6.45, 7) is 0. The molecule has 0 saturated heterocycles. The summed E-state index contributed by atoms with van der Waals surface area (Å²) >= 11 is 7.84. The van der Waals surface area contributed by atoms with Crippen LogP contribution in [-0.2, 0) is 0 Å². The van der Waals surface area contributed by atoms with E-state index in [1.54, 1.807) is 12.1 Å². The molecule has 118 valence electrons. The summed E-state index contributed by atoms with van der Waals surface area (Å²) in [6, 6.07) is 17.7. The van der Waals surface area contributed by atoms with Gasteiger partial charge in [-0.15, -0.1) is 11.3 Å². The van der Waals surface area contributed by atoms with E-state index in [0.29, 0.717) is 15.6 Å². The minimum atomic E-state index is -0.402. The first-order valence-electron chi connectivity index (χ1n) is 7.30. The van der Waals surface area contributed by atoms with Gasteiger partial charge < -0.3 is 5.32 Å². The van der Waals surface area contributed by atoms with Crippen LogP contribution in [0.25, 0.3) is 20.9 Å². The molecule has 0 atom stereocenters. The molecule has 1 aromatic heterocycles. The smallest absolute Gasteiger partial charge is 0.267 e. The highest BCUT2D eigenvalue weighted by Gasteiger charge is 2.19. The number of thiophene rings is 1. The highest BCUT2D eigenvalue weighted by molar-refractivity contribution is 7.22. The summed E-state index contributed by atoms with van der Waals surface area (Å²) in [7, 11) is 0. The van der Waals surface area contributed by atoms with E-state index in [-0.39, 0.29) is 5.91 Å². The number of hydrogen-bond acceptors (Lipinski definition) is 2. The molecule has 4 rings (SSSR count). The molecule has 5 heteroatoms. The predicted molar refractivity (Wildman–Crippen MR) is 98.7 cm³/mol. The van der Waals surface area contributed by atoms with Crippen LogP contribution in [0.2, 0.25) is 5.02 Å². The Bertz CT molecular complexity index is 1090. The van der Waals surface area contributed by atoms with Crippen molar-refractivity contribution in [2.24, 2.45) is 0 Å². The third-order valence-electron chi connectivity index (χ3n) is 3.81. The molecule has 0 bridgehead atoms. The molecule has 1 amide bonds. The quantitative estimate of drug-likeness (QED) is 0.462. The second-order valence-electron chi connectivity index (χ2n) is 5.37. The monoisotopic (exact) mass is 355 g/mol. The lowest BCUT2D eigenvalue weighted by molar-refractivity contribution is 0.103. The number of anilines is 1. The maximum atomic E-state index is 13.3. The molecule has 2 nitrogen and oxygen atoms in total. The zero-order chi connectivity index (χ0) is 16.7. The first kappa shape index (κ1) is 15.1. The van der Waals surface area contributed by atoms with Gasteiger partial charge in [0, 0.05) is 15.8 Å². The number of benzene rings is 3. The van der Waals surface area contributed by atoms with Crippen LogP contribution in [0.15, 0.2) is 60.7 Å². The van der Waals surface area contributed by atoms with Gasteiger partial charge >= 0.3 is 0 Å². The van der Waals surface area contributed by atoms with Crippen LogP contribution in [0.4, 0.5) is 10.1 Å². The molecule has 0 fully saturated rings. The van der Waals surface area contributed by atoms with Crippen LogP contribution in [0.5, 0.6) is 0 Å². The number of nitrogens with one attached hydrogen (secondary N) is 1. The van der Waals surface area contributed by atoms with E-state index in [1.165, 1.54) is 23.5 Å². The van der Waals surface area contributed by atoms with Crippen LogP contribution in [0.1, 0.15) is 9.67 Å². The van der Waals surface area contributed by atoms with Gasteiger partial charge in [0.2, 0.25) is 0 Å². The van der Waals surface area contributed by atoms with Gasteiger partial charge in [-0.3, -0.25) is 4.79 Å². The Balaban J connectivity index is 1.81. The summed E-state index contributed by atoms with van der Waals surface area (Å²) < 4.78 is 14.2. The third kappa shape index (κ3) is 2.54. The van der Waals surface area contributed by atoms with Gasteiger partial charge in [0.25, 0.3) is 5.91 Å². The molecule has 4 aromatic rings. The van der Waals surface area contributed by atoms with Gasteiger partial charge in [-0.2, -0.15) is 0 Å². The van der Waals surface area contributed by atoms with E-state index in [1.807, 2.05) is 36.4 Å². The minimum absolute atomic E-state index is 0.337. The van der Waals surface area contributed by atoms with Crippen molar-refractivity contribution in [3.05, 3.63) is 76.4 Å². The van der Waals surface area contributed by atoms with Crippen LogP contribution in [-0.4, -0.2) is 5.91 Å². The molecule has 0 saturated carbocycles. The number of amides is 1. The minimum Gasteiger partial charge on any atom is -0.321 e. The Labute approximate surface area is 146 Å². The van der Waals surface area contributed by atoms with Crippen molar-refractivity contribution in [3.8, 4) is 0 Å². The molecule has 0 aliphatic rings. The summed E-state index contributed by atoms with van der Waals surface area (Å²) in [4.78, 5) is 13.0. The fourth-order valence-corrected chi connectivity index (χ4v) is 4.20. The summed E-state index contributed by atoms with van der Waals surface area (Å²) in [6.07, 6.45) is 0. The largest absolute Gasteiger partial charge is 0.321 e. The fraction of sp³-hybridized carbons (Fsp3) is 0. The van der Waals surface area contributed by atoms with E-state index >= 15 is 0 Å². The maximum absolute atomic E-state index is 13.3. The third-order valence-corrected chi connectivity index (χ3v) is 5.45. The molecule has 1 heterocycles. The molecular formula is C19H11ClFNOS. The number of carbonyl (C=O) groups excluding carboxylic acids is 1. The van der Waals surface area contributed by atoms with Crippen molar-refractivity contribution in [1.82, 2.24) is 0 Å². The van der Waals surface area contributed by atoms with Crippen LogP contribution < -0.4 is 5.32 Å². The Morgan fingerprint density at radius 1 is 1.04 bits per heavy atom. The van der Waals surface area contributed by atoms with Gasteiger partial charge in [0.05, 0.1) is 5.02 Å². The number of halogens is 2. The van der Waals surface area contributed by atoms with Crippen LogP contribution in [0, 0.1) is 5.82 Å². The van der Waals surface area contributed by atoms with Gasteiger partial charge in [0.1, 0.15) is 10.7 Å². The zero-order valence-electron chi connectivity index (χ0n) is 12.3. The lowest BCUT2D eigenvalue weighted by atomic mass is 10.1. The van der Waals surface area contributed by atoms with Crippen molar-refractivity contribution in [2.45, 2.75) is 0 Å². The Morgan fingerprint density at radius 3 is 2.71 bits per heavy atom. The highest BCUT2D eigenvalue weighted by Crippen LogP contribution is 2.40. The Morgan fingerprint density at radius 2 is 1.88 bits per heavy atom. The van der Waals surface area contributed by atoms with Crippen LogP contribution >= 0.6 is 22.9 Å². The van der Waals surface area contributed by atoms with Crippen molar-refractivity contribution < 1.29 is 9.18 Å². The Hall–Kier alpha value is -2.43. The van der Waals surface area contributed by atoms with Gasteiger partial charge in [-0.1, -0.05) is 48.0 Å². The molecule has 24 heavy (non-hydrogen) atoms. The standard InChI is InChI=1S/C19H11ClFNOS/c20-17-16-14-7-2-1-4-11(14)8-9-15(16)24-18(17)19(23)22-13-6-3-5-12(21)10-13/h1-10H,(H,22,23). The summed E-state index contributed by atoms with van der Waals surface area (Å²) in [5, 5.41) is 6.09. The van der Waals surface area contributed by atoms with E-state index in [9.17, 15) is 9.18 Å². The second-order valence-corrected chi connectivity index (χ2v) is 6.80. The first-order valence-corrected chi connectivity index (χ1v) is 8.49. The SMILES string of the molecule is O=C(Nc1cccc(F)c1)c1sc2ccc3ccccc3c2c1Cl. The topological polar surface area (TPSA) is 29.1 Å². The molecule has 0 aliphatic carbocycles. The highest BCUT2D eigenvalue weighted by atomic mass is 35.5. The zero-order valence-corrected chi connectivity index (χ0v) is 13.9. The maximum Gasteiger partial charge on any atom is 0.267 e. The molecule has 0 unspecified atom stereocenters. The molecule has 1 N–H and O–H groups in total. The average molecular weight is 356 g/mol. The molecule has 0 aliphatic heterocycles. The molecule has 0 spiro atoms. The first-order chi connectivity index (χ1) is 11.6. The lowest BCUT2D eigenvalue weighted by Gasteiger charge is -2.04. The van der Waals surface area contributed by atoms with Crippen LogP contribution in [0.3, 0.4) is 0 Å². The van der Waals surface area contributed by atoms with Gasteiger partial charge in [0.15, 0.2) is 0 Å². The number of rotatable bonds is 2. The summed E-state index contributed by atoms with van der Waals surface area (Å²) in [5.74, 6) is -0.739. The molecular weight excluding hydrogens is 345 g/mol. The van der Waals surface area contributed by atoms with Gasteiger partial charge in [-0.05, 0) is 35.0 Å². The van der Waals surface area contributed by atoms with Gasteiger partial charge in [-0.25, -0.2) is 4.39 Å². The lowest BCUT2D eigenvalue weighted by Crippen LogP contribution is -2.10. The summed E-state index contributed by atoms with van der Waals surface area (Å²) in [5.41, 5.74) is 0.401. The van der Waals surface area contributed by atoms with Crippen molar-refractivity contribution in [2.75, 3.05) is 5.32 Å². The number of fused-ring (bicyclic) bond motifs is 3. The number of carbonyl (C=O) groups is 1. The second kappa shape index (κ2) is 5.89. The van der Waals surface area contributed by atoms with Crippen molar-refractivity contribution >= 4 is 55.4 Å².